The van der Waals surface area contributed by atoms with E-state index in [0.29, 0.717) is 18.7 Å². The number of halogens is 1. The number of nitrogens with zero attached hydrogens (tertiary/aromatic N) is 1. The van der Waals surface area contributed by atoms with Gasteiger partial charge in [0, 0.05) is 24.3 Å². The van der Waals surface area contributed by atoms with Crippen LogP contribution in [-0.4, -0.2) is 56.2 Å². The highest BCUT2D eigenvalue weighted by Gasteiger charge is 2.22. The lowest BCUT2D eigenvalue weighted by Crippen LogP contribution is -2.36. The molecule has 1 unspecified atom stereocenters. The lowest BCUT2D eigenvalue weighted by molar-refractivity contribution is -0.152. The first-order valence-electron chi connectivity index (χ1n) is 10.6. The van der Waals surface area contributed by atoms with E-state index in [2.05, 4.69) is 10.6 Å². The van der Waals surface area contributed by atoms with Crippen molar-refractivity contribution >= 4 is 33.5 Å². The third kappa shape index (κ3) is 6.84. The second kappa shape index (κ2) is 11.7. The Morgan fingerprint density at radius 3 is 2.24 bits per heavy atom. The van der Waals surface area contributed by atoms with Crippen LogP contribution in [0.1, 0.15) is 36.7 Å². The molecule has 9 nitrogen and oxygen atoms in total. The number of nitrogens with one attached hydrogen (secondary N) is 2. The number of benzene rings is 2. The predicted molar refractivity (Wildman–Crippen MR) is 124 cm³/mol. The van der Waals surface area contributed by atoms with E-state index in [0.717, 1.165) is 6.07 Å². The second-order valence-corrected chi connectivity index (χ2v) is 9.32. The summed E-state index contributed by atoms with van der Waals surface area (Å²) in [6.07, 6.45) is -1.18. The molecule has 0 aliphatic heterocycles. The van der Waals surface area contributed by atoms with Crippen molar-refractivity contribution in [1.82, 2.24) is 9.62 Å². The number of carbonyl (C=O) groups is 3. The number of esters is 1. The third-order valence-corrected chi connectivity index (χ3v) is 7.03. The molecule has 0 heterocycles. The molecule has 2 N–H and O–H groups in total. The molecule has 2 amide bonds. The molecule has 0 aromatic heterocycles. The lowest BCUT2D eigenvalue weighted by atomic mass is 10.2. The lowest BCUT2D eigenvalue weighted by Gasteiger charge is -2.18. The Kier molecular flexibility index (Phi) is 9.28. The quantitative estimate of drug-likeness (QED) is 0.491. The van der Waals surface area contributed by atoms with E-state index in [1.165, 1.54) is 47.6 Å². The van der Waals surface area contributed by atoms with Gasteiger partial charge in [0.25, 0.3) is 11.8 Å². The fourth-order valence-electron chi connectivity index (χ4n) is 2.95. The van der Waals surface area contributed by atoms with E-state index in [1.807, 2.05) is 0 Å². The first kappa shape index (κ1) is 26.9. The van der Waals surface area contributed by atoms with Gasteiger partial charge >= 0.3 is 5.97 Å². The molecular formula is C23H28FN3O6S. The van der Waals surface area contributed by atoms with E-state index in [4.69, 9.17) is 4.74 Å². The molecule has 184 valence electrons. The van der Waals surface area contributed by atoms with Crippen molar-refractivity contribution in [1.29, 1.82) is 0 Å². The molecular weight excluding hydrogens is 465 g/mol. The van der Waals surface area contributed by atoms with Crippen molar-refractivity contribution in [2.75, 3.05) is 25.0 Å². The van der Waals surface area contributed by atoms with Crippen molar-refractivity contribution < 1.29 is 31.9 Å². The van der Waals surface area contributed by atoms with Crippen molar-refractivity contribution in [2.24, 2.45) is 0 Å². The molecule has 2 rings (SSSR count). The molecule has 11 heteroatoms. The van der Waals surface area contributed by atoms with Crippen LogP contribution >= 0.6 is 0 Å². The minimum Gasteiger partial charge on any atom is -0.451 e. The van der Waals surface area contributed by atoms with Crippen LogP contribution in [0.25, 0.3) is 0 Å². The summed E-state index contributed by atoms with van der Waals surface area (Å²) in [5.74, 6) is -2.61. The number of aryl methyl sites for hydroxylation is 1. The Labute approximate surface area is 198 Å². The first-order valence-corrected chi connectivity index (χ1v) is 12.1. The van der Waals surface area contributed by atoms with Gasteiger partial charge in [0.15, 0.2) is 6.10 Å². The molecule has 0 spiro atoms. The summed E-state index contributed by atoms with van der Waals surface area (Å²) in [5, 5.41) is 4.80. The standard InChI is InChI=1S/C23H28FN3O6S/c1-5-27(6-2)34(31,32)19-11-8-17(9-12-19)23(30)25-14-21(28)33-16(4)22(29)26-18-10-7-15(3)20(24)13-18/h7-13,16H,5-6,14H2,1-4H3,(H,25,30)(H,26,29). The fourth-order valence-corrected chi connectivity index (χ4v) is 4.41. The Balaban J connectivity index is 1.88. The summed E-state index contributed by atoms with van der Waals surface area (Å²) < 4.78 is 44.9. The number of sulfonamides is 1. The molecule has 0 aliphatic rings. The summed E-state index contributed by atoms with van der Waals surface area (Å²) in [6, 6.07) is 9.50. The van der Waals surface area contributed by atoms with Crippen LogP contribution in [0.2, 0.25) is 0 Å². The van der Waals surface area contributed by atoms with Crippen LogP contribution in [0, 0.1) is 12.7 Å². The Bertz CT molecular complexity index is 1150. The Morgan fingerprint density at radius 1 is 1.06 bits per heavy atom. The number of anilines is 1. The van der Waals surface area contributed by atoms with Gasteiger partial charge in [0.1, 0.15) is 12.4 Å². The molecule has 0 aliphatic carbocycles. The van der Waals surface area contributed by atoms with Gasteiger partial charge in [-0.3, -0.25) is 14.4 Å². The van der Waals surface area contributed by atoms with Crippen LogP contribution in [0.4, 0.5) is 10.1 Å². The molecule has 0 saturated carbocycles. The molecule has 0 fully saturated rings. The SMILES string of the molecule is CCN(CC)S(=O)(=O)c1ccc(C(=O)NCC(=O)OC(C)C(=O)Nc2ccc(C)c(F)c2)cc1. The van der Waals surface area contributed by atoms with Gasteiger partial charge < -0.3 is 15.4 Å². The molecule has 1 atom stereocenters. The van der Waals surface area contributed by atoms with Gasteiger partial charge in [-0.2, -0.15) is 4.31 Å². The maximum Gasteiger partial charge on any atom is 0.326 e. The highest BCUT2D eigenvalue weighted by molar-refractivity contribution is 7.89. The van der Waals surface area contributed by atoms with Crippen LogP contribution in [-0.2, 0) is 24.3 Å². The number of rotatable bonds is 10. The fraction of sp³-hybridized carbons (Fsp3) is 0.348. The topological polar surface area (TPSA) is 122 Å². The van der Waals surface area contributed by atoms with Crippen molar-refractivity contribution in [3.05, 3.63) is 59.4 Å². The zero-order valence-electron chi connectivity index (χ0n) is 19.4. The van der Waals surface area contributed by atoms with Gasteiger partial charge in [0.2, 0.25) is 10.0 Å². The number of hydrogen-bond donors (Lipinski definition) is 2. The molecule has 0 saturated heterocycles. The molecule has 0 bridgehead atoms. The minimum atomic E-state index is -3.65. The highest BCUT2D eigenvalue weighted by atomic mass is 32.2. The molecule has 0 radical (unpaired) electrons. The van der Waals surface area contributed by atoms with Gasteiger partial charge in [-0.15, -0.1) is 0 Å². The molecule has 34 heavy (non-hydrogen) atoms. The van der Waals surface area contributed by atoms with Crippen molar-refractivity contribution in [3.63, 3.8) is 0 Å². The Morgan fingerprint density at radius 2 is 1.68 bits per heavy atom. The summed E-state index contributed by atoms with van der Waals surface area (Å²) in [7, 11) is -3.65. The summed E-state index contributed by atoms with van der Waals surface area (Å²) >= 11 is 0. The number of ether oxygens (including phenoxy) is 1. The number of amides is 2. The first-order chi connectivity index (χ1) is 16.0. The number of hydrogen-bond acceptors (Lipinski definition) is 6. The van der Waals surface area contributed by atoms with E-state index in [9.17, 15) is 27.2 Å². The molecule has 2 aromatic carbocycles. The van der Waals surface area contributed by atoms with Crippen molar-refractivity contribution in [3.8, 4) is 0 Å². The average molecular weight is 494 g/mol. The van der Waals surface area contributed by atoms with Gasteiger partial charge in [0.05, 0.1) is 4.90 Å². The van der Waals surface area contributed by atoms with E-state index in [-0.39, 0.29) is 16.1 Å². The monoisotopic (exact) mass is 493 g/mol. The largest absolute Gasteiger partial charge is 0.451 e. The van der Waals surface area contributed by atoms with Crippen LogP contribution in [0.15, 0.2) is 47.4 Å². The smallest absolute Gasteiger partial charge is 0.326 e. The van der Waals surface area contributed by atoms with Gasteiger partial charge in [-0.05, 0) is 55.8 Å². The van der Waals surface area contributed by atoms with E-state index >= 15 is 0 Å². The molecule has 2 aromatic rings. The maximum atomic E-state index is 13.6. The van der Waals surface area contributed by atoms with E-state index in [1.54, 1.807) is 20.8 Å². The van der Waals surface area contributed by atoms with Gasteiger partial charge in [-0.25, -0.2) is 12.8 Å². The highest BCUT2D eigenvalue weighted by Crippen LogP contribution is 2.16. The van der Waals surface area contributed by atoms with Gasteiger partial charge in [-0.1, -0.05) is 19.9 Å². The van der Waals surface area contributed by atoms with Crippen LogP contribution in [0.3, 0.4) is 0 Å². The third-order valence-electron chi connectivity index (χ3n) is 4.97. The summed E-state index contributed by atoms with van der Waals surface area (Å²) in [5.41, 5.74) is 0.794. The summed E-state index contributed by atoms with van der Waals surface area (Å²) in [4.78, 5) is 36.5. The van der Waals surface area contributed by atoms with Crippen LogP contribution < -0.4 is 10.6 Å². The average Bonchev–Trinajstić information content (AvgIpc) is 2.80. The second-order valence-electron chi connectivity index (χ2n) is 7.38. The van der Waals surface area contributed by atoms with Crippen LogP contribution in [0.5, 0.6) is 0 Å². The van der Waals surface area contributed by atoms with E-state index < -0.39 is 46.3 Å². The summed E-state index contributed by atoms with van der Waals surface area (Å²) in [6.45, 7) is 6.53. The normalized spacial score (nSPS) is 12.2. The predicted octanol–water partition coefficient (Wildman–Crippen LogP) is 2.46. The Hall–Kier alpha value is -3.31. The zero-order valence-corrected chi connectivity index (χ0v) is 20.2. The maximum absolute atomic E-state index is 13.6. The van der Waals surface area contributed by atoms with Crippen molar-refractivity contribution in [2.45, 2.75) is 38.7 Å². The number of carbonyl (C=O) groups excluding carboxylic acids is 3. The zero-order chi connectivity index (χ0) is 25.5. The minimum absolute atomic E-state index is 0.0560.